The molecule has 0 saturated heterocycles. The van der Waals surface area contributed by atoms with Crippen molar-refractivity contribution in [1.29, 1.82) is 0 Å². The summed E-state index contributed by atoms with van der Waals surface area (Å²) in [6, 6.07) is 6.67. The molecule has 1 aromatic heterocycles. The van der Waals surface area contributed by atoms with Gasteiger partial charge in [0.1, 0.15) is 16.5 Å². The quantitative estimate of drug-likeness (QED) is 0.225. The van der Waals surface area contributed by atoms with Crippen LogP contribution in [0.5, 0.6) is 11.5 Å². The fourth-order valence-corrected chi connectivity index (χ4v) is 3.35. The Bertz CT molecular complexity index is 1230. The van der Waals surface area contributed by atoms with Crippen LogP contribution in [0.2, 0.25) is 5.02 Å². The minimum absolute atomic E-state index is 0.00338. The van der Waals surface area contributed by atoms with Gasteiger partial charge in [0.15, 0.2) is 5.82 Å². The van der Waals surface area contributed by atoms with Crippen LogP contribution < -0.4 is 25.8 Å². The van der Waals surface area contributed by atoms with Gasteiger partial charge in [-0.3, -0.25) is 10.1 Å². The molecule has 0 radical (unpaired) electrons. The second-order valence-corrected chi connectivity index (χ2v) is 7.44. The van der Waals surface area contributed by atoms with Crippen molar-refractivity contribution < 1.29 is 23.6 Å². The molecule has 0 atom stereocenters. The van der Waals surface area contributed by atoms with Crippen LogP contribution in [0.1, 0.15) is 0 Å². The van der Waals surface area contributed by atoms with Gasteiger partial charge in [-0.15, -0.1) is 11.8 Å². The zero-order valence-electron chi connectivity index (χ0n) is 17.1. The molecule has 3 aromatic rings. The predicted molar refractivity (Wildman–Crippen MR) is 122 cm³/mol. The zero-order chi connectivity index (χ0) is 24.1. The maximum Gasteiger partial charge on any atom is 0.409 e. The van der Waals surface area contributed by atoms with Crippen LogP contribution in [-0.4, -0.2) is 34.4 Å². The molecule has 0 aliphatic heterocycles. The van der Waals surface area contributed by atoms with Crippen molar-refractivity contribution in [3.8, 4) is 11.5 Å². The van der Waals surface area contributed by atoms with Crippen LogP contribution in [0.15, 0.2) is 41.4 Å². The standard InChI is InChI=1S/C19H16ClFN6O5S/c1-31-15-6-11(21)14(27(29)30)7-12(15)25-19-23-8-10(20)17(26-19)24-13-5-9(32-18(22)28)3-4-16(13)33-2/h3-8H,1-2H3,(H2,22,28)(H2,23,24,25,26). The molecule has 0 spiro atoms. The van der Waals surface area contributed by atoms with E-state index in [0.29, 0.717) is 5.69 Å². The molecule has 0 bridgehead atoms. The van der Waals surface area contributed by atoms with Crippen LogP contribution in [0.25, 0.3) is 0 Å². The Hall–Kier alpha value is -3.84. The number of primary amides is 1. The van der Waals surface area contributed by atoms with E-state index in [1.165, 1.54) is 31.1 Å². The van der Waals surface area contributed by atoms with E-state index in [0.717, 1.165) is 17.0 Å². The third-order valence-electron chi connectivity index (χ3n) is 4.10. The molecule has 33 heavy (non-hydrogen) atoms. The number of hydrogen-bond donors (Lipinski definition) is 3. The molecule has 0 unspecified atom stereocenters. The highest BCUT2D eigenvalue weighted by molar-refractivity contribution is 7.98. The number of nitrogens with zero attached hydrogens (tertiary/aromatic N) is 3. The minimum atomic E-state index is -1.05. The SMILES string of the molecule is COc1cc(F)c([N+](=O)[O-])cc1Nc1ncc(Cl)c(Nc2cc(OC(N)=O)ccc2SC)n1. The second kappa shape index (κ2) is 10.2. The number of thioether (sulfide) groups is 1. The maximum atomic E-state index is 13.9. The third-order valence-corrected chi connectivity index (χ3v) is 5.17. The number of carbonyl (C=O) groups excluding carboxylic acids is 1. The van der Waals surface area contributed by atoms with E-state index in [-0.39, 0.29) is 34.0 Å². The number of halogens is 2. The number of nitrogens with two attached hydrogens (primary N) is 1. The topological polar surface area (TPSA) is 155 Å². The number of nitrogens with one attached hydrogen (secondary N) is 2. The molecule has 3 rings (SSSR count). The first kappa shape index (κ1) is 23.8. The number of hydrogen-bond acceptors (Lipinski definition) is 10. The molecule has 14 heteroatoms. The second-order valence-electron chi connectivity index (χ2n) is 6.18. The number of ether oxygens (including phenoxy) is 2. The van der Waals surface area contributed by atoms with E-state index in [2.05, 4.69) is 20.6 Å². The highest BCUT2D eigenvalue weighted by Crippen LogP contribution is 2.36. The Morgan fingerprint density at radius 2 is 2.03 bits per heavy atom. The van der Waals surface area contributed by atoms with Crippen molar-refractivity contribution in [1.82, 2.24) is 9.97 Å². The Kier molecular flexibility index (Phi) is 7.35. The summed E-state index contributed by atoms with van der Waals surface area (Å²) in [5.74, 6) is -0.668. The molecule has 1 heterocycles. The summed E-state index contributed by atoms with van der Waals surface area (Å²) >= 11 is 7.64. The Morgan fingerprint density at radius 1 is 1.27 bits per heavy atom. The Balaban J connectivity index is 1.95. The lowest BCUT2D eigenvalue weighted by molar-refractivity contribution is -0.387. The largest absolute Gasteiger partial charge is 0.494 e. The molecule has 1 amide bonds. The number of nitro groups is 1. The summed E-state index contributed by atoms with van der Waals surface area (Å²) in [4.78, 5) is 30.4. The van der Waals surface area contributed by atoms with Crippen molar-refractivity contribution in [3.63, 3.8) is 0 Å². The number of nitro benzene ring substituents is 1. The fourth-order valence-electron chi connectivity index (χ4n) is 2.68. The molecule has 172 valence electrons. The van der Waals surface area contributed by atoms with Crippen molar-refractivity contribution in [3.05, 3.63) is 57.5 Å². The van der Waals surface area contributed by atoms with Gasteiger partial charge in [0, 0.05) is 23.1 Å². The molecule has 2 aromatic carbocycles. The highest BCUT2D eigenvalue weighted by atomic mass is 35.5. The van der Waals surface area contributed by atoms with Gasteiger partial charge in [-0.25, -0.2) is 9.78 Å². The van der Waals surface area contributed by atoms with Crippen LogP contribution in [0.3, 0.4) is 0 Å². The lowest BCUT2D eigenvalue weighted by Crippen LogP contribution is -2.16. The summed E-state index contributed by atoms with van der Waals surface area (Å²) in [6.07, 6.45) is 2.18. The van der Waals surface area contributed by atoms with E-state index in [1.54, 1.807) is 12.1 Å². The van der Waals surface area contributed by atoms with Gasteiger partial charge in [0.25, 0.3) is 0 Å². The average molecular weight is 495 g/mol. The Labute approximate surface area is 195 Å². The monoisotopic (exact) mass is 494 g/mol. The molecule has 0 saturated carbocycles. The van der Waals surface area contributed by atoms with Gasteiger partial charge >= 0.3 is 11.8 Å². The smallest absolute Gasteiger partial charge is 0.409 e. The van der Waals surface area contributed by atoms with Gasteiger partial charge in [0.05, 0.1) is 29.6 Å². The molecular weight excluding hydrogens is 479 g/mol. The maximum absolute atomic E-state index is 13.9. The minimum Gasteiger partial charge on any atom is -0.494 e. The van der Waals surface area contributed by atoms with Crippen LogP contribution in [0.4, 0.5) is 38.0 Å². The predicted octanol–water partition coefficient (Wildman–Crippen LogP) is 4.85. The molecule has 0 fully saturated rings. The van der Waals surface area contributed by atoms with Crippen molar-refractivity contribution in [2.45, 2.75) is 4.90 Å². The van der Waals surface area contributed by atoms with Crippen LogP contribution in [0, 0.1) is 15.9 Å². The number of rotatable bonds is 8. The summed E-state index contributed by atoms with van der Waals surface area (Å²) < 4.78 is 23.9. The van der Waals surface area contributed by atoms with E-state index in [4.69, 9.17) is 26.8 Å². The first-order valence-electron chi connectivity index (χ1n) is 8.95. The van der Waals surface area contributed by atoms with E-state index < -0.39 is 22.5 Å². The fraction of sp³-hybridized carbons (Fsp3) is 0.105. The summed E-state index contributed by atoms with van der Waals surface area (Å²) in [7, 11) is 1.28. The summed E-state index contributed by atoms with van der Waals surface area (Å²) in [5, 5.41) is 17.0. The number of carbonyl (C=O) groups is 1. The van der Waals surface area contributed by atoms with Gasteiger partial charge in [-0.1, -0.05) is 11.6 Å². The normalized spacial score (nSPS) is 10.4. The van der Waals surface area contributed by atoms with Crippen molar-refractivity contribution >= 4 is 58.3 Å². The van der Waals surface area contributed by atoms with Crippen molar-refractivity contribution in [2.24, 2.45) is 5.73 Å². The third kappa shape index (κ3) is 5.70. The first-order valence-corrected chi connectivity index (χ1v) is 10.6. The van der Waals surface area contributed by atoms with Gasteiger partial charge in [-0.05, 0) is 18.4 Å². The molecule has 0 aliphatic rings. The van der Waals surface area contributed by atoms with Crippen LogP contribution in [-0.2, 0) is 0 Å². The van der Waals surface area contributed by atoms with E-state index in [9.17, 15) is 19.3 Å². The van der Waals surface area contributed by atoms with Gasteiger partial charge in [-0.2, -0.15) is 9.37 Å². The number of aromatic nitrogens is 2. The van der Waals surface area contributed by atoms with Gasteiger partial charge < -0.3 is 25.8 Å². The lowest BCUT2D eigenvalue weighted by atomic mass is 10.2. The van der Waals surface area contributed by atoms with Gasteiger partial charge in [0.2, 0.25) is 11.8 Å². The molecule has 11 nitrogen and oxygen atoms in total. The lowest BCUT2D eigenvalue weighted by Gasteiger charge is -2.14. The average Bonchev–Trinajstić information content (AvgIpc) is 2.76. The van der Waals surface area contributed by atoms with E-state index in [1.807, 2.05) is 6.26 Å². The van der Waals surface area contributed by atoms with Crippen LogP contribution >= 0.6 is 23.4 Å². The molecule has 0 aliphatic carbocycles. The summed E-state index contributed by atoms with van der Waals surface area (Å²) in [6.45, 7) is 0. The Morgan fingerprint density at radius 3 is 2.67 bits per heavy atom. The zero-order valence-corrected chi connectivity index (χ0v) is 18.7. The highest BCUT2D eigenvalue weighted by Gasteiger charge is 2.20. The first-order chi connectivity index (χ1) is 15.7. The number of methoxy groups -OCH3 is 1. The number of amides is 1. The number of benzene rings is 2. The molecular formula is C19H16ClFN6O5S. The molecule has 4 N–H and O–H groups in total. The number of anilines is 4. The van der Waals surface area contributed by atoms with E-state index >= 15 is 0 Å². The van der Waals surface area contributed by atoms with Crippen molar-refractivity contribution in [2.75, 3.05) is 24.0 Å². The summed E-state index contributed by atoms with van der Waals surface area (Å²) in [5.41, 5.74) is 4.90.